The molecule has 1 N–H and O–H groups in total. The maximum absolute atomic E-state index is 15.1. The van der Waals surface area contributed by atoms with Gasteiger partial charge in [0.25, 0.3) is 5.91 Å². The first kappa shape index (κ1) is 23.3. The number of aromatic nitrogens is 2. The molecule has 9 nitrogen and oxygen atoms in total. The number of fused-ring (bicyclic) bond motifs is 1. The summed E-state index contributed by atoms with van der Waals surface area (Å²) in [5.74, 6) is -0.756. The second-order valence-electron chi connectivity index (χ2n) is 9.77. The number of imide groups is 1. The standard InChI is InChI=1S/C25H29FN6O3/c1-30(2)25-27-11-15(12-28-25)13-31-7-5-16(6-8-31)18-9-17-14-32(24(35)19(17)10-20(18)26)21-3-4-22(33)29-23(21)34/h9-12,16,21H,3-8,13-14H2,1-2H3,(H,29,33,34). The molecular weight excluding hydrogens is 451 g/mol. The number of benzene rings is 1. The van der Waals surface area contributed by atoms with Gasteiger partial charge in [0, 0.05) is 57.1 Å². The minimum absolute atomic E-state index is 0.0728. The van der Waals surface area contributed by atoms with Crippen molar-refractivity contribution in [1.82, 2.24) is 25.1 Å². The van der Waals surface area contributed by atoms with Gasteiger partial charge in [0.1, 0.15) is 11.9 Å². The van der Waals surface area contributed by atoms with E-state index >= 15 is 4.39 Å². The van der Waals surface area contributed by atoms with E-state index in [1.54, 1.807) is 0 Å². The number of anilines is 1. The number of amides is 3. The second kappa shape index (κ2) is 9.33. The van der Waals surface area contributed by atoms with Gasteiger partial charge in [0.2, 0.25) is 17.8 Å². The van der Waals surface area contributed by atoms with Crippen LogP contribution in [0.1, 0.15) is 58.6 Å². The van der Waals surface area contributed by atoms with E-state index < -0.39 is 11.9 Å². The highest BCUT2D eigenvalue weighted by molar-refractivity contribution is 6.05. The van der Waals surface area contributed by atoms with Crippen molar-refractivity contribution in [2.24, 2.45) is 0 Å². The molecule has 3 amide bonds. The zero-order valence-electron chi connectivity index (χ0n) is 20.0. The number of nitrogens with zero attached hydrogens (tertiary/aromatic N) is 5. The Labute approximate surface area is 203 Å². The van der Waals surface area contributed by atoms with Crippen LogP contribution in [-0.2, 0) is 22.7 Å². The van der Waals surface area contributed by atoms with Crippen LogP contribution in [0.25, 0.3) is 0 Å². The predicted octanol–water partition coefficient (Wildman–Crippen LogP) is 1.82. The Bertz CT molecular complexity index is 1160. The van der Waals surface area contributed by atoms with Crippen molar-refractivity contribution >= 4 is 23.7 Å². The minimum Gasteiger partial charge on any atom is -0.347 e. The first-order valence-corrected chi connectivity index (χ1v) is 12.0. The van der Waals surface area contributed by atoms with Crippen molar-refractivity contribution in [2.75, 3.05) is 32.1 Å². The Morgan fingerprint density at radius 1 is 1.09 bits per heavy atom. The van der Waals surface area contributed by atoms with Crippen molar-refractivity contribution in [1.29, 1.82) is 0 Å². The van der Waals surface area contributed by atoms with E-state index in [0.717, 1.165) is 43.6 Å². The van der Waals surface area contributed by atoms with E-state index in [2.05, 4.69) is 20.2 Å². The number of rotatable bonds is 5. The van der Waals surface area contributed by atoms with Crippen LogP contribution in [0.3, 0.4) is 0 Å². The van der Waals surface area contributed by atoms with E-state index in [0.29, 0.717) is 23.5 Å². The van der Waals surface area contributed by atoms with Gasteiger partial charge in [0.05, 0.1) is 0 Å². The van der Waals surface area contributed by atoms with Gasteiger partial charge in [-0.2, -0.15) is 0 Å². The molecule has 1 aromatic carbocycles. The Morgan fingerprint density at radius 3 is 2.46 bits per heavy atom. The number of carbonyl (C=O) groups excluding carboxylic acids is 3. The quantitative estimate of drug-likeness (QED) is 0.652. The molecule has 3 aliphatic heterocycles. The molecule has 4 heterocycles. The van der Waals surface area contributed by atoms with E-state index in [4.69, 9.17) is 0 Å². The number of hydrogen-bond acceptors (Lipinski definition) is 7. The van der Waals surface area contributed by atoms with Crippen molar-refractivity contribution in [3.63, 3.8) is 0 Å². The van der Waals surface area contributed by atoms with Gasteiger partial charge in [-0.15, -0.1) is 0 Å². The van der Waals surface area contributed by atoms with Crippen LogP contribution in [0, 0.1) is 5.82 Å². The number of carbonyl (C=O) groups is 3. The van der Waals surface area contributed by atoms with Crippen LogP contribution < -0.4 is 10.2 Å². The van der Waals surface area contributed by atoms with Gasteiger partial charge >= 0.3 is 0 Å². The molecule has 0 aliphatic carbocycles. The van der Waals surface area contributed by atoms with Crippen LogP contribution in [0.2, 0.25) is 0 Å². The summed E-state index contributed by atoms with van der Waals surface area (Å²) in [5, 5.41) is 2.30. The Morgan fingerprint density at radius 2 is 1.80 bits per heavy atom. The molecule has 2 aromatic rings. The van der Waals surface area contributed by atoms with Crippen molar-refractivity contribution in [3.8, 4) is 0 Å². The molecule has 3 aliphatic rings. The lowest BCUT2D eigenvalue weighted by atomic mass is 9.87. The third-order valence-electron chi connectivity index (χ3n) is 7.17. The number of hydrogen-bond donors (Lipinski definition) is 1. The molecule has 1 atom stereocenters. The molecule has 5 rings (SSSR count). The van der Waals surface area contributed by atoms with Gasteiger partial charge in [0.15, 0.2) is 0 Å². The zero-order valence-corrected chi connectivity index (χ0v) is 20.0. The lowest BCUT2D eigenvalue weighted by Gasteiger charge is -2.32. The van der Waals surface area contributed by atoms with E-state index in [9.17, 15) is 14.4 Å². The highest BCUT2D eigenvalue weighted by atomic mass is 19.1. The fourth-order valence-corrected chi connectivity index (χ4v) is 5.24. The molecule has 0 saturated carbocycles. The molecule has 35 heavy (non-hydrogen) atoms. The van der Waals surface area contributed by atoms with Crippen LogP contribution >= 0.6 is 0 Å². The molecule has 10 heteroatoms. The van der Waals surface area contributed by atoms with Crippen molar-refractivity contribution in [2.45, 2.75) is 50.7 Å². The smallest absolute Gasteiger partial charge is 0.255 e. The summed E-state index contributed by atoms with van der Waals surface area (Å²) in [6.45, 7) is 2.67. The Balaban J connectivity index is 1.23. The first-order chi connectivity index (χ1) is 16.8. The van der Waals surface area contributed by atoms with Gasteiger partial charge in [-0.3, -0.25) is 24.6 Å². The lowest BCUT2D eigenvalue weighted by molar-refractivity contribution is -0.136. The van der Waals surface area contributed by atoms with Gasteiger partial charge in [-0.25, -0.2) is 14.4 Å². The fraction of sp³-hybridized carbons (Fsp3) is 0.480. The molecule has 0 radical (unpaired) electrons. The molecule has 2 saturated heterocycles. The van der Waals surface area contributed by atoms with Crippen LogP contribution in [0.15, 0.2) is 24.5 Å². The average molecular weight is 481 g/mol. The Hall–Kier alpha value is -3.40. The van der Waals surface area contributed by atoms with Gasteiger partial charge in [-0.05, 0) is 55.5 Å². The number of nitrogens with one attached hydrogen (secondary N) is 1. The number of piperidine rings is 2. The number of likely N-dealkylation sites (tertiary alicyclic amines) is 1. The highest BCUT2D eigenvalue weighted by Crippen LogP contribution is 2.35. The SMILES string of the molecule is CN(C)c1ncc(CN2CCC(c3cc4c(cc3F)C(=O)N(C3CCC(=O)NC3=O)C4)CC2)cn1. The van der Waals surface area contributed by atoms with Gasteiger partial charge < -0.3 is 9.80 Å². The first-order valence-electron chi connectivity index (χ1n) is 12.0. The summed E-state index contributed by atoms with van der Waals surface area (Å²) in [6.07, 6.45) is 5.82. The molecule has 1 aromatic heterocycles. The van der Waals surface area contributed by atoms with E-state index in [1.165, 1.54) is 11.0 Å². The van der Waals surface area contributed by atoms with Crippen molar-refractivity contribution in [3.05, 3.63) is 52.6 Å². The normalized spacial score (nSPS) is 21.3. The third kappa shape index (κ3) is 4.62. The Kier molecular flexibility index (Phi) is 6.22. The molecular formula is C25H29FN6O3. The molecule has 0 bridgehead atoms. The van der Waals surface area contributed by atoms with Crippen molar-refractivity contribution < 1.29 is 18.8 Å². The largest absolute Gasteiger partial charge is 0.347 e. The second-order valence-corrected chi connectivity index (χ2v) is 9.77. The fourth-order valence-electron chi connectivity index (χ4n) is 5.24. The maximum atomic E-state index is 15.1. The summed E-state index contributed by atoms with van der Waals surface area (Å²) in [7, 11) is 3.81. The molecule has 0 spiro atoms. The van der Waals surface area contributed by atoms with Crippen LogP contribution in [0.5, 0.6) is 0 Å². The van der Waals surface area contributed by atoms with E-state index in [-0.39, 0.29) is 36.5 Å². The summed E-state index contributed by atoms with van der Waals surface area (Å²) in [4.78, 5) is 51.0. The monoisotopic (exact) mass is 480 g/mol. The van der Waals surface area contributed by atoms with Crippen LogP contribution in [-0.4, -0.2) is 70.7 Å². The molecule has 1 unspecified atom stereocenters. The molecule has 2 fully saturated rings. The van der Waals surface area contributed by atoms with Crippen LogP contribution in [0.4, 0.5) is 10.3 Å². The zero-order chi connectivity index (χ0) is 24.7. The molecule has 184 valence electrons. The summed E-state index contributed by atoms with van der Waals surface area (Å²) < 4.78 is 15.1. The number of halogens is 1. The summed E-state index contributed by atoms with van der Waals surface area (Å²) in [5.41, 5.74) is 2.75. The summed E-state index contributed by atoms with van der Waals surface area (Å²) >= 11 is 0. The predicted molar refractivity (Wildman–Crippen MR) is 126 cm³/mol. The maximum Gasteiger partial charge on any atom is 0.255 e. The van der Waals surface area contributed by atoms with Gasteiger partial charge in [-0.1, -0.05) is 6.07 Å². The topological polar surface area (TPSA) is 98.7 Å². The third-order valence-corrected chi connectivity index (χ3v) is 7.17. The highest BCUT2D eigenvalue weighted by Gasteiger charge is 2.40. The summed E-state index contributed by atoms with van der Waals surface area (Å²) in [6, 6.07) is 2.44. The average Bonchev–Trinajstić information content (AvgIpc) is 3.14. The lowest BCUT2D eigenvalue weighted by Crippen LogP contribution is -2.52. The van der Waals surface area contributed by atoms with E-state index in [1.807, 2.05) is 37.5 Å². The minimum atomic E-state index is -0.696.